The zero-order valence-electron chi connectivity index (χ0n) is 7.55. The molecule has 1 aromatic carbocycles. The van der Waals surface area contributed by atoms with Gasteiger partial charge in [-0.1, -0.05) is 34.9 Å². The van der Waals surface area contributed by atoms with Gasteiger partial charge in [-0.05, 0) is 5.19 Å². The zero-order chi connectivity index (χ0) is 11.7. The van der Waals surface area contributed by atoms with Gasteiger partial charge in [-0.15, -0.1) is 0 Å². The van der Waals surface area contributed by atoms with Gasteiger partial charge in [0.1, 0.15) is 0 Å². The Kier molecular flexibility index (Phi) is 7.83. The van der Waals surface area contributed by atoms with E-state index in [1.807, 2.05) is 30.3 Å². The molecule has 0 aliphatic heterocycles. The molecule has 1 aromatic rings. The second-order valence-electron chi connectivity index (χ2n) is 2.41. The molecule has 0 aliphatic rings. The van der Waals surface area contributed by atoms with Gasteiger partial charge in [0.05, 0.1) is 0 Å². The molecule has 0 unspecified atom stereocenters. The van der Waals surface area contributed by atoms with Gasteiger partial charge in [0, 0.05) is 0 Å². The Morgan fingerprint density at radius 1 is 0.933 bits per heavy atom. The Balaban J connectivity index is 0.000000288. The van der Waals surface area contributed by atoms with E-state index >= 15 is 0 Å². The van der Waals surface area contributed by atoms with E-state index in [4.69, 9.17) is 0 Å². The van der Waals surface area contributed by atoms with Crippen LogP contribution in [0.4, 0.5) is 22.1 Å². The zero-order valence-corrected chi connectivity index (χ0v) is 8.96. The van der Waals surface area contributed by atoms with Crippen LogP contribution in [0, 0.1) is 0 Å². The number of hydrogen-bond acceptors (Lipinski definition) is 1. The molecule has 0 aromatic heterocycles. The normalized spacial score (nSPS) is 10.9. The lowest BCUT2D eigenvalue weighted by atomic mass is 10.4. The molecular formula is C8H9F5OSi. The maximum Gasteiger partial charge on any atom is 0.298 e. The van der Waals surface area contributed by atoms with Crippen molar-refractivity contribution in [2.75, 3.05) is 0 Å². The highest BCUT2D eigenvalue weighted by atomic mass is 28.2. The topological polar surface area (TPSA) is 9.23 Å². The highest BCUT2D eigenvalue weighted by Gasteiger charge is 2.15. The molecular weight excluding hydrogens is 235 g/mol. The standard InChI is InChI=1S/C6H7FOSi.C2H2F4/c7-8-9-6-4-2-1-3-5-6;3-1(4)2(5)6/h1-5H,9H2;1-2H. The molecule has 86 valence electrons. The number of hydrogen-bond donors (Lipinski definition) is 0. The summed E-state index contributed by atoms with van der Waals surface area (Å²) in [6, 6.07) is 9.39. The number of rotatable bonds is 3. The highest BCUT2D eigenvalue weighted by Crippen LogP contribution is 2.04. The van der Waals surface area contributed by atoms with E-state index in [0.29, 0.717) is 0 Å². The minimum atomic E-state index is -3.48. The third kappa shape index (κ3) is 8.07. The van der Waals surface area contributed by atoms with Gasteiger partial charge in [0.25, 0.3) is 12.9 Å². The first-order valence-corrected chi connectivity index (χ1v) is 5.20. The highest BCUT2D eigenvalue weighted by molar-refractivity contribution is 6.46. The van der Waals surface area contributed by atoms with Crippen LogP contribution in [-0.2, 0) is 4.63 Å². The minimum Gasteiger partial charge on any atom is -0.248 e. The van der Waals surface area contributed by atoms with Crippen molar-refractivity contribution in [3.8, 4) is 0 Å². The molecule has 0 radical (unpaired) electrons. The van der Waals surface area contributed by atoms with Crippen molar-refractivity contribution < 1.29 is 26.7 Å². The number of benzene rings is 1. The van der Waals surface area contributed by atoms with Crippen LogP contribution in [-0.4, -0.2) is 22.6 Å². The predicted molar refractivity (Wildman–Crippen MR) is 48.8 cm³/mol. The summed E-state index contributed by atoms with van der Waals surface area (Å²) >= 11 is 0. The van der Waals surface area contributed by atoms with Crippen molar-refractivity contribution in [3.05, 3.63) is 30.3 Å². The average Bonchev–Trinajstić information content (AvgIpc) is 2.20. The second kappa shape index (κ2) is 8.36. The molecule has 0 heterocycles. The first kappa shape index (κ1) is 14.0. The molecule has 0 amide bonds. The summed E-state index contributed by atoms with van der Waals surface area (Å²) in [5.41, 5.74) is 0. The van der Waals surface area contributed by atoms with Crippen molar-refractivity contribution in [1.29, 1.82) is 0 Å². The second-order valence-corrected chi connectivity index (χ2v) is 3.73. The van der Waals surface area contributed by atoms with Gasteiger partial charge < -0.3 is 0 Å². The van der Waals surface area contributed by atoms with E-state index in [-0.39, 0.29) is 0 Å². The first-order valence-electron chi connectivity index (χ1n) is 3.91. The third-order valence-electron chi connectivity index (χ3n) is 1.25. The van der Waals surface area contributed by atoms with Gasteiger partial charge in [-0.25, -0.2) is 22.2 Å². The third-order valence-corrected chi connectivity index (χ3v) is 2.17. The summed E-state index contributed by atoms with van der Waals surface area (Å²) in [7, 11) is -1.07. The fraction of sp³-hybridized carbons (Fsp3) is 0.250. The van der Waals surface area contributed by atoms with E-state index < -0.39 is 22.6 Å². The van der Waals surface area contributed by atoms with Crippen LogP contribution in [0.3, 0.4) is 0 Å². The van der Waals surface area contributed by atoms with Crippen LogP contribution in [0.25, 0.3) is 0 Å². The van der Waals surface area contributed by atoms with Gasteiger partial charge >= 0.3 is 0 Å². The molecule has 0 saturated heterocycles. The molecule has 0 atom stereocenters. The molecule has 1 nitrogen and oxygen atoms in total. The predicted octanol–water partition coefficient (Wildman–Crippen LogP) is 1.81. The van der Waals surface area contributed by atoms with Crippen molar-refractivity contribution in [3.63, 3.8) is 0 Å². The maximum atomic E-state index is 11.2. The first-order chi connectivity index (χ1) is 7.07. The lowest BCUT2D eigenvalue weighted by molar-refractivity contribution is -0.0278. The van der Waals surface area contributed by atoms with Crippen LogP contribution in [0.2, 0.25) is 0 Å². The maximum absolute atomic E-state index is 11.2. The molecule has 1 rings (SSSR count). The van der Waals surface area contributed by atoms with Gasteiger partial charge in [-0.2, -0.15) is 0 Å². The monoisotopic (exact) mass is 244 g/mol. The van der Waals surface area contributed by atoms with Gasteiger partial charge in [0.2, 0.25) is 9.76 Å². The van der Waals surface area contributed by atoms with E-state index in [9.17, 15) is 22.1 Å². The molecule has 0 bridgehead atoms. The Morgan fingerprint density at radius 2 is 1.40 bits per heavy atom. The van der Waals surface area contributed by atoms with Gasteiger partial charge in [-0.3, -0.25) is 0 Å². The summed E-state index contributed by atoms with van der Waals surface area (Å²) in [5.74, 6) is 0. The lowest BCUT2D eigenvalue weighted by Gasteiger charge is -1.90. The average molecular weight is 244 g/mol. The molecule has 0 fully saturated rings. The Morgan fingerprint density at radius 3 is 1.73 bits per heavy atom. The fourth-order valence-electron chi connectivity index (χ4n) is 0.637. The summed E-state index contributed by atoms with van der Waals surface area (Å²) in [4.78, 5) is 0. The van der Waals surface area contributed by atoms with E-state index in [1.165, 1.54) is 0 Å². The fourth-order valence-corrected chi connectivity index (χ4v) is 1.23. The largest absolute Gasteiger partial charge is 0.298 e. The molecule has 0 spiro atoms. The Hall–Kier alpha value is -0.953. The molecule has 0 saturated carbocycles. The molecule has 7 heteroatoms. The van der Waals surface area contributed by atoms with Crippen molar-refractivity contribution in [2.24, 2.45) is 0 Å². The van der Waals surface area contributed by atoms with Crippen LogP contribution in [0.1, 0.15) is 0 Å². The summed E-state index contributed by atoms with van der Waals surface area (Å²) in [6.07, 6.45) is -6.96. The Labute approximate surface area is 85.7 Å². The summed E-state index contributed by atoms with van der Waals surface area (Å²) < 4.78 is 56.4. The van der Waals surface area contributed by atoms with E-state index in [0.717, 1.165) is 5.19 Å². The molecule has 15 heavy (non-hydrogen) atoms. The number of halogens is 5. The quantitative estimate of drug-likeness (QED) is 0.582. The van der Waals surface area contributed by atoms with Crippen LogP contribution >= 0.6 is 0 Å². The summed E-state index contributed by atoms with van der Waals surface area (Å²) in [5, 5.41) is 0.986. The van der Waals surface area contributed by atoms with Crippen molar-refractivity contribution in [2.45, 2.75) is 12.9 Å². The SMILES string of the molecule is FC(F)C(F)F.FO[SiH2]c1ccccc1. The van der Waals surface area contributed by atoms with E-state index in [1.54, 1.807) is 0 Å². The van der Waals surface area contributed by atoms with E-state index in [2.05, 4.69) is 4.63 Å². The lowest BCUT2D eigenvalue weighted by Crippen LogP contribution is -2.12. The minimum absolute atomic E-state index is 0.986. The van der Waals surface area contributed by atoms with Crippen molar-refractivity contribution >= 4 is 14.9 Å². The molecule has 0 N–H and O–H groups in total. The van der Waals surface area contributed by atoms with Crippen LogP contribution < -0.4 is 5.19 Å². The Bertz CT molecular complexity index is 238. The van der Waals surface area contributed by atoms with Gasteiger partial charge in [0.15, 0.2) is 0 Å². The smallest absolute Gasteiger partial charge is 0.248 e. The van der Waals surface area contributed by atoms with Crippen molar-refractivity contribution in [1.82, 2.24) is 0 Å². The summed E-state index contributed by atoms with van der Waals surface area (Å²) in [6.45, 7) is 0. The number of alkyl halides is 4. The van der Waals surface area contributed by atoms with Crippen LogP contribution in [0.5, 0.6) is 0 Å². The van der Waals surface area contributed by atoms with Crippen LogP contribution in [0.15, 0.2) is 30.3 Å². The molecule has 0 aliphatic carbocycles.